The van der Waals surface area contributed by atoms with Crippen LogP contribution in [0.2, 0.25) is 0 Å². The van der Waals surface area contributed by atoms with Crippen molar-refractivity contribution in [3.05, 3.63) is 60.4 Å². The van der Waals surface area contributed by atoms with E-state index >= 15 is 0 Å². The highest BCUT2D eigenvalue weighted by Crippen LogP contribution is 2.31. The minimum absolute atomic E-state index is 0.320. The SMILES string of the molecule is Cn1ccc(COc2ccc(F)cc2-c2ccco2)n1. The summed E-state index contributed by atoms with van der Waals surface area (Å²) < 4.78 is 26.1. The topological polar surface area (TPSA) is 40.2 Å². The Bertz CT molecular complexity index is 704. The standard InChI is InChI=1S/C15H13FN2O2/c1-18-7-6-12(17-18)10-20-15-5-4-11(16)9-13(15)14-3-2-8-19-14/h2-9H,10H2,1H3. The molecule has 0 spiro atoms. The van der Waals surface area contributed by atoms with Crippen molar-refractivity contribution in [3.63, 3.8) is 0 Å². The number of benzene rings is 1. The molecule has 0 unspecified atom stereocenters. The van der Waals surface area contributed by atoms with Gasteiger partial charge in [-0.05, 0) is 36.4 Å². The summed E-state index contributed by atoms with van der Waals surface area (Å²) in [5.41, 5.74) is 1.40. The molecule has 1 aromatic carbocycles. The second kappa shape index (κ2) is 5.21. The van der Waals surface area contributed by atoms with Crippen LogP contribution in [0.15, 0.2) is 53.3 Å². The molecule has 2 heterocycles. The van der Waals surface area contributed by atoms with Crippen LogP contribution in [0.5, 0.6) is 5.75 Å². The van der Waals surface area contributed by atoms with Gasteiger partial charge < -0.3 is 9.15 Å². The van der Waals surface area contributed by atoms with Gasteiger partial charge in [-0.15, -0.1) is 0 Å². The maximum absolute atomic E-state index is 13.4. The van der Waals surface area contributed by atoms with E-state index in [9.17, 15) is 4.39 Å². The molecule has 2 aromatic heterocycles. The lowest BCUT2D eigenvalue weighted by Gasteiger charge is -2.09. The van der Waals surface area contributed by atoms with Gasteiger partial charge in [0.1, 0.15) is 23.9 Å². The molecule has 0 saturated carbocycles. The molecule has 0 atom stereocenters. The van der Waals surface area contributed by atoms with E-state index < -0.39 is 0 Å². The first-order valence-corrected chi connectivity index (χ1v) is 6.17. The number of nitrogens with zero attached hydrogens (tertiary/aromatic N) is 2. The lowest BCUT2D eigenvalue weighted by molar-refractivity contribution is 0.300. The van der Waals surface area contributed by atoms with E-state index in [2.05, 4.69) is 5.10 Å². The van der Waals surface area contributed by atoms with Crippen molar-refractivity contribution in [3.8, 4) is 17.1 Å². The largest absolute Gasteiger partial charge is 0.486 e. The number of furan rings is 1. The number of aryl methyl sites for hydroxylation is 1. The summed E-state index contributed by atoms with van der Waals surface area (Å²) in [4.78, 5) is 0. The Balaban J connectivity index is 1.85. The average Bonchev–Trinajstić information content (AvgIpc) is 3.08. The Morgan fingerprint density at radius 3 is 2.90 bits per heavy atom. The normalized spacial score (nSPS) is 10.7. The number of hydrogen-bond acceptors (Lipinski definition) is 3. The fourth-order valence-electron chi connectivity index (χ4n) is 1.94. The lowest BCUT2D eigenvalue weighted by Crippen LogP contribution is -1.99. The molecule has 4 nitrogen and oxygen atoms in total. The third-order valence-corrected chi connectivity index (χ3v) is 2.87. The van der Waals surface area contributed by atoms with E-state index in [4.69, 9.17) is 9.15 Å². The molecular weight excluding hydrogens is 259 g/mol. The Kier molecular flexibility index (Phi) is 3.25. The molecule has 0 aliphatic rings. The van der Waals surface area contributed by atoms with Gasteiger partial charge in [0.05, 0.1) is 17.5 Å². The summed E-state index contributed by atoms with van der Waals surface area (Å²) in [6, 6.07) is 9.74. The van der Waals surface area contributed by atoms with Crippen molar-refractivity contribution in [2.75, 3.05) is 0 Å². The fraction of sp³-hybridized carbons (Fsp3) is 0.133. The molecule has 5 heteroatoms. The van der Waals surface area contributed by atoms with Gasteiger partial charge in [-0.3, -0.25) is 4.68 Å². The zero-order chi connectivity index (χ0) is 13.9. The number of halogens is 1. The minimum atomic E-state index is -0.332. The van der Waals surface area contributed by atoms with Gasteiger partial charge in [0.2, 0.25) is 0 Å². The third-order valence-electron chi connectivity index (χ3n) is 2.87. The van der Waals surface area contributed by atoms with Crippen LogP contribution in [-0.2, 0) is 13.7 Å². The molecule has 0 bridgehead atoms. The number of hydrogen-bond donors (Lipinski definition) is 0. The molecule has 0 fully saturated rings. The Labute approximate surface area is 115 Å². The van der Waals surface area contributed by atoms with Gasteiger partial charge in [-0.2, -0.15) is 5.10 Å². The zero-order valence-electron chi connectivity index (χ0n) is 10.9. The van der Waals surface area contributed by atoms with Gasteiger partial charge in [-0.1, -0.05) is 0 Å². The number of ether oxygens (including phenoxy) is 1. The van der Waals surface area contributed by atoms with Crippen LogP contribution in [0, 0.1) is 5.82 Å². The Morgan fingerprint density at radius 1 is 1.30 bits per heavy atom. The van der Waals surface area contributed by atoms with E-state index in [1.165, 1.54) is 12.1 Å². The summed E-state index contributed by atoms with van der Waals surface area (Å²) in [7, 11) is 1.84. The summed E-state index contributed by atoms with van der Waals surface area (Å²) >= 11 is 0. The van der Waals surface area contributed by atoms with Crippen molar-refractivity contribution in [2.45, 2.75) is 6.61 Å². The summed E-state index contributed by atoms with van der Waals surface area (Å²) in [5, 5.41) is 4.23. The second-order valence-corrected chi connectivity index (χ2v) is 4.39. The third kappa shape index (κ3) is 2.56. The molecule has 0 saturated heterocycles. The van der Waals surface area contributed by atoms with E-state index in [0.717, 1.165) is 5.69 Å². The molecule has 0 aliphatic heterocycles. The van der Waals surface area contributed by atoms with Gasteiger partial charge >= 0.3 is 0 Å². The first-order valence-electron chi connectivity index (χ1n) is 6.17. The quantitative estimate of drug-likeness (QED) is 0.730. The Morgan fingerprint density at radius 2 is 2.20 bits per heavy atom. The summed E-state index contributed by atoms with van der Waals surface area (Å²) in [6.07, 6.45) is 3.39. The maximum atomic E-state index is 13.4. The van der Waals surface area contributed by atoms with Crippen molar-refractivity contribution in [2.24, 2.45) is 7.05 Å². The van der Waals surface area contributed by atoms with Crippen LogP contribution in [0.1, 0.15) is 5.69 Å². The predicted molar refractivity (Wildman–Crippen MR) is 71.6 cm³/mol. The van der Waals surface area contributed by atoms with Crippen molar-refractivity contribution < 1.29 is 13.5 Å². The van der Waals surface area contributed by atoms with E-state index in [0.29, 0.717) is 23.7 Å². The highest BCUT2D eigenvalue weighted by atomic mass is 19.1. The first-order chi connectivity index (χ1) is 9.72. The molecule has 0 amide bonds. The van der Waals surface area contributed by atoms with Crippen molar-refractivity contribution in [1.82, 2.24) is 9.78 Å². The second-order valence-electron chi connectivity index (χ2n) is 4.39. The summed E-state index contributed by atoms with van der Waals surface area (Å²) in [6.45, 7) is 0.320. The van der Waals surface area contributed by atoms with E-state index in [1.807, 2.05) is 19.3 Å². The molecule has 0 N–H and O–H groups in total. The lowest BCUT2D eigenvalue weighted by atomic mass is 10.1. The van der Waals surface area contributed by atoms with E-state index in [-0.39, 0.29) is 5.82 Å². The van der Waals surface area contributed by atoms with Gasteiger partial charge in [0.15, 0.2) is 0 Å². The van der Waals surface area contributed by atoms with E-state index in [1.54, 1.807) is 29.1 Å². The molecule has 102 valence electrons. The van der Waals surface area contributed by atoms with Crippen LogP contribution in [0.25, 0.3) is 11.3 Å². The predicted octanol–water partition coefficient (Wildman–Crippen LogP) is 3.40. The molecule has 0 radical (unpaired) electrons. The smallest absolute Gasteiger partial charge is 0.137 e. The number of aromatic nitrogens is 2. The summed E-state index contributed by atoms with van der Waals surface area (Å²) in [5.74, 6) is 0.800. The van der Waals surface area contributed by atoms with Crippen LogP contribution < -0.4 is 4.74 Å². The monoisotopic (exact) mass is 272 g/mol. The molecule has 3 aromatic rings. The van der Waals surface area contributed by atoms with Gasteiger partial charge in [-0.25, -0.2) is 4.39 Å². The maximum Gasteiger partial charge on any atom is 0.137 e. The molecule has 3 rings (SSSR count). The Hall–Kier alpha value is -2.56. The first kappa shape index (κ1) is 12.5. The van der Waals surface area contributed by atoms with Crippen LogP contribution in [0.3, 0.4) is 0 Å². The molecular formula is C15H13FN2O2. The van der Waals surface area contributed by atoms with Gasteiger partial charge in [0.25, 0.3) is 0 Å². The average molecular weight is 272 g/mol. The highest BCUT2D eigenvalue weighted by molar-refractivity contribution is 5.65. The minimum Gasteiger partial charge on any atom is -0.486 e. The van der Waals surface area contributed by atoms with Crippen molar-refractivity contribution in [1.29, 1.82) is 0 Å². The van der Waals surface area contributed by atoms with Gasteiger partial charge in [0, 0.05) is 13.2 Å². The number of rotatable bonds is 4. The molecule has 0 aliphatic carbocycles. The van der Waals surface area contributed by atoms with Crippen LogP contribution in [0.4, 0.5) is 4.39 Å². The zero-order valence-corrected chi connectivity index (χ0v) is 10.9. The molecule has 20 heavy (non-hydrogen) atoms. The highest BCUT2D eigenvalue weighted by Gasteiger charge is 2.11. The fourth-order valence-corrected chi connectivity index (χ4v) is 1.94. The van der Waals surface area contributed by atoms with Crippen molar-refractivity contribution >= 4 is 0 Å². The van der Waals surface area contributed by atoms with Crippen LogP contribution >= 0.6 is 0 Å². The van der Waals surface area contributed by atoms with Crippen LogP contribution in [-0.4, -0.2) is 9.78 Å².